The van der Waals surface area contributed by atoms with Gasteiger partial charge in [-0.25, -0.2) is 4.48 Å². The third-order valence-electron chi connectivity index (χ3n) is 5.40. The van der Waals surface area contributed by atoms with E-state index in [0.29, 0.717) is 34.2 Å². The lowest BCUT2D eigenvalue weighted by molar-refractivity contribution is 0.0993. The molecule has 2 N–H and O–H groups in total. The Kier molecular flexibility index (Phi) is 6.07. The van der Waals surface area contributed by atoms with Gasteiger partial charge in [-0.05, 0) is 25.1 Å². The van der Waals surface area contributed by atoms with E-state index >= 15 is 0 Å². The second-order valence-electron chi connectivity index (χ2n) is 7.48. The quantitative estimate of drug-likeness (QED) is 0.462. The van der Waals surface area contributed by atoms with Crippen molar-refractivity contribution >= 4 is 44.2 Å². The third kappa shape index (κ3) is 4.03. The zero-order valence-corrected chi connectivity index (χ0v) is 18.7. The highest BCUT2D eigenvalue weighted by Crippen LogP contribution is 2.42. The van der Waals surface area contributed by atoms with Crippen molar-refractivity contribution in [2.24, 2.45) is 5.73 Å². The van der Waals surface area contributed by atoms with Gasteiger partial charge in [0, 0.05) is 42.4 Å². The van der Waals surface area contributed by atoms with Gasteiger partial charge in [0.2, 0.25) is 15.3 Å². The Hall–Kier alpha value is -3.11. The van der Waals surface area contributed by atoms with Crippen LogP contribution in [0.5, 0.6) is 0 Å². The highest BCUT2D eigenvalue weighted by Gasteiger charge is 2.44. The zero-order chi connectivity index (χ0) is 22.9. The number of hydrogen-bond donors (Lipinski definition) is 1. The topological polar surface area (TPSA) is 112 Å². The minimum absolute atomic E-state index is 0.0116. The fourth-order valence-corrected chi connectivity index (χ4v) is 4.87. The molecular weight excluding hydrogens is 452 g/mol. The number of nitrogens with two attached hydrogens (primary N) is 1. The molecule has 2 aromatic heterocycles. The number of aromatic nitrogens is 2. The van der Waals surface area contributed by atoms with Crippen LogP contribution in [-0.4, -0.2) is 48.5 Å². The van der Waals surface area contributed by atoms with Crippen molar-refractivity contribution in [2.75, 3.05) is 13.1 Å². The van der Waals surface area contributed by atoms with Gasteiger partial charge in [-0.2, -0.15) is 8.42 Å². The largest absolute Gasteiger partial charge is 0.365 e. The van der Waals surface area contributed by atoms with Crippen molar-refractivity contribution < 1.29 is 17.9 Å². The first-order valence-corrected chi connectivity index (χ1v) is 11.2. The fourth-order valence-electron chi connectivity index (χ4n) is 4.08. The summed E-state index contributed by atoms with van der Waals surface area (Å²) in [5, 5.41) is 0.388. The van der Waals surface area contributed by atoms with Crippen molar-refractivity contribution in [1.82, 2.24) is 14.5 Å². The number of morpholine rings is 1. The van der Waals surface area contributed by atoms with E-state index in [9.17, 15) is 13.2 Å². The molecule has 2 atom stereocenters. The number of pyridine rings is 2. The van der Waals surface area contributed by atoms with Gasteiger partial charge in [-0.3, -0.25) is 14.8 Å². The van der Waals surface area contributed by atoms with E-state index in [0.717, 1.165) is 0 Å². The van der Waals surface area contributed by atoms with Crippen LogP contribution in [0.4, 0.5) is 11.4 Å². The number of nitrogens with zero attached hydrogens (tertiary/aromatic N) is 3. The molecule has 3 aromatic rings. The second-order valence-corrected chi connectivity index (χ2v) is 8.81. The molecule has 0 bridgehead atoms. The molecule has 1 saturated heterocycles. The van der Waals surface area contributed by atoms with E-state index in [2.05, 4.69) is 9.97 Å². The highest BCUT2D eigenvalue weighted by molar-refractivity contribution is 7.72. The predicted molar refractivity (Wildman–Crippen MR) is 123 cm³/mol. The molecule has 164 valence electrons. The van der Waals surface area contributed by atoms with Crippen LogP contribution in [0.1, 0.15) is 17.3 Å². The minimum Gasteiger partial charge on any atom is -0.365 e. The lowest BCUT2D eigenvalue weighted by Crippen LogP contribution is -2.58. The lowest BCUT2D eigenvalue weighted by Gasteiger charge is -2.43. The van der Waals surface area contributed by atoms with Crippen LogP contribution in [-0.2, 0) is 15.0 Å². The average molecular weight is 472 g/mol. The first kappa shape index (κ1) is 22.1. The van der Waals surface area contributed by atoms with Gasteiger partial charge < -0.3 is 10.5 Å². The van der Waals surface area contributed by atoms with Crippen LogP contribution in [0.3, 0.4) is 0 Å². The van der Waals surface area contributed by atoms with E-state index in [1.807, 2.05) is 24.3 Å². The molecule has 1 aromatic carbocycles. The summed E-state index contributed by atoms with van der Waals surface area (Å²) in [6, 6.07) is 12.6. The molecule has 0 aliphatic carbocycles. The highest BCUT2D eigenvalue weighted by atomic mass is 35.5. The molecule has 4 rings (SSSR count). The Morgan fingerprint density at radius 3 is 2.72 bits per heavy atom. The van der Waals surface area contributed by atoms with Gasteiger partial charge in [0.05, 0.1) is 10.7 Å². The first-order valence-electron chi connectivity index (χ1n) is 9.76. The van der Waals surface area contributed by atoms with E-state index in [4.69, 9.17) is 22.1 Å². The van der Waals surface area contributed by atoms with Crippen LogP contribution in [0, 0.1) is 0 Å². The number of rotatable bonds is 4. The number of amides is 1. The lowest BCUT2D eigenvalue weighted by atomic mass is 10.0. The standard InChI is InChI=1S/C22H19ClN4O4S/c1-14-12-27(13-21(31-14)32(29)30,20-7-9-25-11-17(20)22(24)28)15-5-6-18(23)16(10-15)19-4-2-3-8-26-19/h2-11,14H,12-13H2,1H3,(H-,24,28)/p+1. The Morgan fingerprint density at radius 1 is 1.22 bits per heavy atom. The van der Waals surface area contributed by atoms with Crippen molar-refractivity contribution in [2.45, 2.75) is 13.0 Å². The van der Waals surface area contributed by atoms with Gasteiger partial charge in [-0.1, -0.05) is 17.7 Å². The summed E-state index contributed by atoms with van der Waals surface area (Å²) >= 11 is 6.49. The first-order chi connectivity index (χ1) is 15.3. The molecule has 0 spiro atoms. The van der Waals surface area contributed by atoms with Crippen LogP contribution in [0.2, 0.25) is 5.02 Å². The predicted octanol–water partition coefficient (Wildman–Crippen LogP) is 2.96. The SMILES string of the molecule is CC1C[N+](c2ccc(Cl)c(-c3ccccn3)c2)(c2ccncc2C(N)=O)CC(=S(=O)=O)O1. The van der Waals surface area contributed by atoms with Crippen molar-refractivity contribution in [3.8, 4) is 11.3 Å². The molecule has 0 saturated carbocycles. The molecule has 2 unspecified atom stereocenters. The van der Waals surface area contributed by atoms with Crippen molar-refractivity contribution in [3.63, 3.8) is 0 Å². The molecule has 3 heterocycles. The molecule has 1 aliphatic rings. The summed E-state index contributed by atoms with van der Waals surface area (Å²) in [6.45, 7) is 2.10. The summed E-state index contributed by atoms with van der Waals surface area (Å²) in [6.07, 6.45) is 4.14. The molecule has 1 fully saturated rings. The number of hydrogen-bond acceptors (Lipinski definition) is 6. The summed E-state index contributed by atoms with van der Waals surface area (Å²) < 4.78 is 29.4. The van der Waals surface area contributed by atoms with Crippen LogP contribution in [0.25, 0.3) is 11.3 Å². The Labute approximate surface area is 191 Å². The zero-order valence-electron chi connectivity index (χ0n) is 17.1. The smallest absolute Gasteiger partial charge is 0.256 e. The second kappa shape index (κ2) is 8.79. The molecule has 32 heavy (non-hydrogen) atoms. The molecule has 1 amide bonds. The Balaban J connectivity index is 2.03. The maximum Gasteiger partial charge on any atom is 0.256 e. The van der Waals surface area contributed by atoms with Gasteiger partial charge in [0.25, 0.3) is 5.91 Å². The van der Waals surface area contributed by atoms with Crippen molar-refractivity contribution in [3.05, 3.63) is 71.6 Å². The number of ether oxygens (including phenoxy) is 1. The van der Waals surface area contributed by atoms with E-state index < -0.39 is 22.3 Å². The third-order valence-corrected chi connectivity index (χ3v) is 6.32. The minimum atomic E-state index is -2.57. The number of benzene rings is 1. The van der Waals surface area contributed by atoms with Gasteiger partial charge in [0.15, 0.2) is 12.2 Å². The van der Waals surface area contributed by atoms with Crippen LogP contribution in [0.15, 0.2) is 61.1 Å². The summed E-state index contributed by atoms with van der Waals surface area (Å²) in [5.74, 6) is -0.659. The normalized spacial score (nSPS) is 20.7. The van der Waals surface area contributed by atoms with E-state index in [1.165, 1.54) is 6.20 Å². The van der Waals surface area contributed by atoms with Gasteiger partial charge >= 0.3 is 0 Å². The van der Waals surface area contributed by atoms with Crippen molar-refractivity contribution in [1.29, 1.82) is 0 Å². The number of quaternary nitrogens is 1. The Bertz CT molecular complexity index is 1320. The molecule has 10 heteroatoms. The Morgan fingerprint density at radius 2 is 2.03 bits per heavy atom. The van der Waals surface area contributed by atoms with Gasteiger partial charge in [-0.15, -0.1) is 0 Å². The molecular formula is C22H20ClN4O4S+. The van der Waals surface area contributed by atoms with E-state index in [-0.39, 0.29) is 21.6 Å². The maximum absolute atomic E-state index is 12.3. The number of carbonyl (C=O) groups excluding carboxylic acids is 1. The number of primary amides is 1. The monoisotopic (exact) mass is 471 g/mol. The fraction of sp³-hybridized carbons (Fsp3) is 0.182. The van der Waals surface area contributed by atoms with Crippen LogP contribution >= 0.6 is 11.6 Å². The van der Waals surface area contributed by atoms with Crippen LogP contribution < -0.4 is 10.2 Å². The molecule has 8 nitrogen and oxygen atoms in total. The van der Waals surface area contributed by atoms with E-state index in [1.54, 1.807) is 37.5 Å². The molecule has 0 radical (unpaired) electrons. The summed E-state index contributed by atoms with van der Waals surface area (Å²) in [7, 11) is -2.57. The summed E-state index contributed by atoms with van der Waals surface area (Å²) in [4.78, 5) is 20.7. The maximum atomic E-state index is 12.3. The molecule has 1 aliphatic heterocycles. The number of carbonyl (C=O) groups is 1. The average Bonchev–Trinajstić information content (AvgIpc) is 2.79. The van der Waals surface area contributed by atoms with Gasteiger partial charge in [0.1, 0.15) is 23.9 Å². The number of halogens is 1. The summed E-state index contributed by atoms with van der Waals surface area (Å²) in [5.41, 5.74) is 8.44.